The fourth-order valence-corrected chi connectivity index (χ4v) is 2.39. The molecule has 0 radical (unpaired) electrons. The van der Waals surface area contributed by atoms with Crippen LogP contribution in [0.25, 0.3) is 0 Å². The summed E-state index contributed by atoms with van der Waals surface area (Å²) in [5, 5.41) is 10.1. The van der Waals surface area contributed by atoms with Crippen molar-refractivity contribution in [1.82, 2.24) is 10.3 Å². The van der Waals surface area contributed by atoms with E-state index in [1.807, 2.05) is 18.4 Å². The molecule has 0 unspecified atom stereocenters. The number of nitrogens with zero attached hydrogens (tertiary/aromatic N) is 1. The number of amides is 1. The summed E-state index contributed by atoms with van der Waals surface area (Å²) in [7, 11) is 0. The number of nitrogens with one attached hydrogen (secondary N) is 2. The van der Waals surface area contributed by atoms with Crippen LogP contribution in [-0.2, 0) is 6.42 Å². The Morgan fingerprint density at radius 3 is 2.89 bits per heavy atom. The Bertz CT molecular complexity index is 508. The van der Waals surface area contributed by atoms with E-state index < -0.39 is 0 Å². The van der Waals surface area contributed by atoms with Gasteiger partial charge in [-0.1, -0.05) is 0 Å². The highest BCUT2D eigenvalue weighted by atomic mass is 32.1. The minimum absolute atomic E-state index is 0.127. The summed E-state index contributed by atoms with van der Waals surface area (Å²) >= 11 is 1.67. The molecule has 0 bridgehead atoms. The predicted octanol–water partition coefficient (Wildman–Crippen LogP) is 2.55. The van der Waals surface area contributed by atoms with E-state index in [2.05, 4.69) is 27.1 Å². The van der Waals surface area contributed by atoms with Gasteiger partial charge in [-0.15, -0.1) is 0 Å². The molecule has 100 valence electrons. The van der Waals surface area contributed by atoms with Gasteiger partial charge in [0.25, 0.3) is 5.91 Å². The van der Waals surface area contributed by atoms with Gasteiger partial charge in [0.15, 0.2) is 0 Å². The van der Waals surface area contributed by atoms with Crippen molar-refractivity contribution in [3.8, 4) is 0 Å². The normalized spacial score (nSPS) is 10.2. The third kappa shape index (κ3) is 4.06. The maximum absolute atomic E-state index is 11.9. The van der Waals surface area contributed by atoms with Gasteiger partial charge in [0.1, 0.15) is 5.69 Å². The molecule has 2 N–H and O–H groups in total. The molecule has 0 aliphatic rings. The van der Waals surface area contributed by atoms with Crippen LogP contribution in [0, 0.1) is 0 Å². The second-order valence-corrected chi connectivity index (χ2v) is 4.88. The molecule has 0 saturated carbocycles. The molecule has 0 saturated heterocycles. The Labute approximate surface area is 116 Å². The molecule has 2 heterocycles. The van der Waals surface area contributed by atoms with Gasteiger partial charge in [0, 0.05) is 13.1 Å². The van der Waals surface area contributed by atoms with Gasteiger partial charge < -0.3 is 10.6 Å². The van der Waals surface area contributed by atoms with Crippen LogP contribution in [0.1, 0.15) is 23.0 Å². The van der Waals surface area contributed by atoms with Crippen LogP contribution in [0.4, 0.5) is 5.69 Å². The zero-order chi connectivity index (χ0) is 13.5. The third-order valence-electron chi connectivity index (χ3n) is 2.66. The molecular weight excluding hydrogens is 258 g/mol. The summed E-state index contributed by atoms with van der Waals surface area (Å²) in [5.41, 5.74) is 2.63. The molecule has 0 aromatic carbocycles. The number of hydrogen-bond acceptors (Lipinski definition) is 4. The van der Waals surface area contributed by atoms with Crippen molar-refractivity contribution in [2.45, 2.75) is 13.3 Å². The molecule has 0 atom stereocenters. The fourth-order valence-electron chi connectivity index (χ4n) is 1.68. The maximum atomic E-state index is 11.9. The van der Waals surface area contributed by atoms with Crippen LogP contribution in [0.5, 0.6) is 0 Å². The van der Waals surface area contributed by atoms with E-state index in [0.29, 0.717) is 12.2 Å². The van der Waals surface area contributed by atoms with Crippen molar-refractivity contribution in [2.24, 2.45) is 0 Å². The monoisotopic (exact) mass is 275 g/mol. The first kappa shape index (κ1) is 13.5. The van der Waals surface area contributed by atoms with Gasteiger partial charge in [-0.05, 0) is 47.9 Å². The van der Waals surface area contributed by atoms with Crippen molar-refractivity contribution in [3.05, 3.63) is 46.4 Å². The average Bonchev–Trinajstić information content (AvgIpc) is 2.93. The van der Waals surface area contributed by atoms with E-state index >= 15 is 0 Å². The number of carbonyl (C=O) groups is 1. The van der Waals surface area contributed by atoms with Gasteiger partial charge in [-0.3, -0.25) is 4.79 Å². The van der Waals surface area contributed by atoms with Crippen LogP contribution in [0.15, 0.2) is 35.2 Å². The topological polar surface area (TPSA) is 54.0 Å². The second-order valence-electron chi connectivity index (χ2n) is 4.10. The summed E-state index contributed by atoms with van der Waals surface area (Å²) in [6.07, 6.45) is 2.53. The molecular formula is C14H17N3OS. The lowest BCUT2D eigenvalue weighted by Gasteiger charge is -2.05. The standard InChI is InChI=1S/C14H17N3OS/c1-2-15-12-3-4-13(17-9-12)14(18)16-7-5-11-6-8-19-10-11/h3-4,6,8-10,15H,2,5,7H2,1H3,(H,16,18). The van der Waals surface area contributed by atoms with Crippen molar-refractivity contribution in [1.29, 1.82) is 0 Å². The highest BCUT2D eigenvalue weighted by Gasteiger charge is 2.06. The molecule has 2 aromatic rings. The first-order valence-corrected chi connectivity index (χ1v) is 7.23. The number of anilines is 1. The largest absolute Gasteiger partial charge is 0.384 e. The Hall–Kier alpha value is -1.88. The Kier molecular flexibility index (Phi) is 4.92. The number of thiophene rings is 1. The van der Waals surface area contributed by atoms with Crippen LogP contribution in [0.2, 0.25) is 0 Å². The second kappa shape index (κ2) is 6.89. The molecule has 5 heteroatoms. The predicted molar refractivity (Wildman–Crippen MR) is 78.8 cm³/mol. The zero-order valence-electron chi connectivity index (χ0n) is 10.8. The van der Waals surface area contributed by atoms with Crippen molar-refractivity contribution < 1.29 is 4.79 Å². The first-order valence-electron chi connectivity index (χ1n) is 6.29. The first-order chi connectivity index (χ1) is 9.29. The van der Waals surface area contributed by atoms with Crippen LogP contribution in [-0.4, -0.2) is 24.0 Å². The summed E-state index contributed by atoms with van der Waals surface area (Å²) in [6.45, 7) is 3.49. The van der Waals surface area contributed by atoms with Gasteiger partial charge >= 0.3 is 0 Å². The van der Waals surface area contributed by atoms with Gasteiger partial charge in [0.05, 0.1) is 11.9 Å². The van der Waals surface area contributed by atoms with Crippen molar-refractivity contribution in [2.75, 3.05) is 18.4 Å². The van der Waals surface area contributed by atoms with E-state index in [-0.39, 0.29) is 5.91 Å². The minimum atomic E-state index is -0.127. The number of rotatable bonds is 6. The molecule has 0 aliphatic carbocycles. The van der Waals surface area contributed by atoms with Gasteiger partial charge in [0.2, 0.25) is 0 Å². The quantitative estimate of drug-likeness (QED) is 0.852. The van der Waals surface area contributed by atoms with Gasteiger partial charge in [-0.25, -0.2) is 4.98 Å². The summed E-state index contributed by atoms with van der Waals surface area (Å²) < 4.78 is 0. The highest BCUT2D eigenvalue weighted by Crippen LogP contribution is 2.07. The Morgan fingerprint density at radius 1 is 1.37 bits per heavy atom. The van der Waals surface area contributed by atoms with Crippen molar-refractivity contribution in [3.63, 3.8) is 0 Å². The molecule has 4 nitrogen and oxygen atoms in total. The smallest absolute Gasteiger partial charge is 0.269 e. The maximum Gasteiger partial charge on any atom is 0.269 e. The Morgan fingerprint density at radius 2 is 2.26 bits per heavy atom. The minimum Gasteiger partial charge on any atom is -0.384 e. The van der Waals surface area contributed by atoms with E-state index in [4.69, 9.17) is 0 Å². The lowest BCUT2D eigenvalue weighted by Crippen LogP contribution is -2.26. The third-order valence-corrected chi connectivity index (χ3v) is 3.39. The van der Waals surface area contributed by atoms with Crippen molar-refractivity contribution >= 4 is 22.9 Å². The van der Waals surface area contributed by atoms with Crippen LogP contribution < -0.4 is 10.6 Å². The van der Waals surface area contributed by atoms with E-state index in [1.165, 1.54) is 5.56 Å². The number of carbonyl (C=O) groups excluding carboxylic acids is 1. The molecule has 0 fully saturated rings. The summed E-state index contributed by atoms with van der Waals surface area (Å²) in [5.74, 6) is -0.127. The molecule has 2 rings (SSSR count). The Balaban J connectivity index is 1.82. The molecule has 1 amide bonds. The molecule has 2 aromatic heterocycles. The summed E-state index contributed by atoms with van der Waals surface area (Å²) in [6, 6.07) is 5.67. The molecule has 0 spiro atoms. The highest BCUT2D eigenvalue weighted by molar-refractivity contribution is 7.07. The average molecular weight is 275 g/mol. The molecule has 0 aliphatic heterocycles. The van der Waals surface area contributed by atoms with Crippen LogP contribution >= 0.6 is 11.3 Å². The van der Waals surface area contributed by atoms with Crippen LogP contribution in [0.3, 0.4) is 0 Å². The lowest BCUT2D eigenvalue weighted by molar-refractivity contribution is 0.0949. The number of aromatic nitrogens is 1. The SMILES string of the molecule is CCNc1ccc(C(=O)NCCc2ccsc2)nc1. The zero-order valence-corrected chi connectivity index (χ0v) is 11.7. The lowest BCUT2D eigenvalue weighted by atomic mass is 10.2. The number of hydrogen-bond donors (Lipinski definition) is 2. The van der Waals surface area contributed by atoms with E-state index in [1.54, 1.807) is 23.6 Å². The fraction of sp³-hybridized carbons (Fsp3) is 0.286. The number of pyridine rings is 1. The summed E-state index contributed by atoms with van der Waals surface area (Å²) in [4.78, 5) is 16.0. The van der Waals surface area contributed by atoms with E-state index in [0.717, 1.165) is 18.7 Å². The molecule has 19 heavy (non-hydrogen) atoms. The van der Waals surface area contributed by atoms with E-state index in [9.17, 15) is 4.79 Å². The van der Waals surface area contributed by atoms with Gasteiger partial charge in [-0.2, -0.15) is 11.3 Å².